The van der Waals surface area contributed by atoms with E-state index in [2.05, 4.69) is 5.32 Å². The summed E-state index contributed by atoms with van der Waals surface area (Å²) in [5.41, 5.74) is 6.32. The van der Waals surface area contributed by atoms with Gasteiger partial charge in [0.1, 0.15) is 6.04 Å². The Morgan fingerprint density at radius 1 is 1.45 bits per heavy atom. The van der Waals surface area contributed by atoms with Gasteiger partial charge in [0.15, 0.2) is 0 Å². The molecule has 1 aliphatic rings. The number of halogens is 1. The number of carbonyl (C=O) groups excluding carboxylic acids is 2. The monoisotopic (exact) mass is 297 g/mol. The van der Waals surface area contributed by atoms with Crippen molar-refractivity contribution in [1.29, 1.82) is 0 Å². The van der Waals surface area contributed by atoms with Crippen LogP contribution in [0.3, 0.4) is 0 Å². The van der Waals surface area contributed by atoms with E-state index in [1.807, 2.05) is 30.3 Å². The summed E-state index contributed by atoms with van der Waals surface area (Å²) in [7, 11) is 0. The molecule has 0 spiro atoms. The molecule has 5 nitrogen and oxygen atoms in total. The number of benzene rings is 1. The zero-order valence-corrected chi connectivity index (χ0v) is 12.2. The van der Waals surface area contributed by atoms with E-state index in [0.717, 1.165) is 5.69 Å². The van der Waals surface area contributed by atoms with Gasteiger partial charge in [-0.1, -0.05) is 25.1 Å². The minimum Gasteiger partial charge on any atom is -0.344 e. The van der Waals surface area contributed by atoms with Gasteiger partial charge in [0.2, 0.25) is 11.8 Å². The highest BCUT2D eigenvalue weighted by atomic mass is 35.5. The molecule has 110 valence electrons. The third kappa shape index (κ3) is 3.49. The predicted octanol–water partition coefficient (Wildman–Crippen LogP) is 0.925. The van der Waals surface area contributed by atoms with Crippen molar-refractivity contribution in [2.75, 3.05) is 18.0 Å². The fraction of sp³-hybridized carbons (Fsp3) is 0.429. The first-order valence-electron chi connectivity index (χ1n) is 6.50. The van der Waals surface area contributed by atoms with Gasteiger partial charge in [-0.25, -0.2) is 0 Å². The van der Waals surface area contributed by atoms with Gasteiger partial charge in [-0.2, -0.15) is 0 Å². The van der Waals surface area contributed by atoms with Crippen LogP contribution in [0.4, 0.5) is 5.69 Å². The first-order chi connectivity index (χ1) is 9.13. The minimum atomic E-state index is -0.429. The van der Waals surface area contributed by atoms with Gasteiger partial charge in [0.05, 0.1) is 0 Å². The number of nitrogens with one attached hydrogen (secondary N) is 1. The Kier molecular flexibility index (Phi) is 5.98. The van der Waals surface area contributed by atoms with Gasteiger partial charge in [0.25, 0.3) is 0 Å². The van der Waals surface area contributed by atoms with Crippen LogP contribution in [0.5, 0.6) is 0 Å². The normalized spacial score (nSPS) is 19.4. The maximum atomic E-state index is 12.2. The van der Waals surface area contributed by atoms with Crippen molar-refractivity contribution in [3.63, 3.8) is 0 Å². The van der Waals surface area contributed by atoms with E-state index < -0.39 is 6.04 Å². The minimum absolute atomic E-state index is 0. The van der Waals surface area contributed by atoms with E-state index in [4.69, 9.17) is 5.73 Å². The van der Waals surface area contributed by atoms with E-state index in [-0.39, 0.29) is 36.7 Å². The number of nitrogens with two attached hydrogens (primary N) is 1. The zero-order chi connectivity index (χ0) is 13.8. The zero-order valence-electron chi connectivity index (χ0n) is 11.4. The third-order valence-electron chi connectivity index (χ3n) is 3.39. The molecule has 20 heavy (non-hydrogen) atoms. The van der Waals surface area contributed by atoms with Crippen molar-refractivity contribution < 1.29 is 9.59 Å². The maximum absolute atomic E-state index is 12.2. The van der Waals surface area contributed by atoms with Crippen molar-refractivity contribution in [1.82, 2.24) is 5.32 Å². The number of nitrogens with zero attached hydrogens (tertiary/aromatic N) is 1. The van der Waals surface area contributed by atoms with Gasteiger partial charge in [-0.3, -0.25) is 9.59 Å². The third-order valence-corrected chi connectivity index (χ3v) is 3.39. The number of amides is 2. The molecule has 1 heterocycles. The first-order valence-corrected chi connectivity index (χ1v) is 6.50. The van der Waals surface area contributed by atoms with Gasteiger partial charge in [0, 0.05) is 24.7 Å². The molecular weight excluding hydrogens is 278 g/mol. The van der Waals surface area contributed by atoms with Gasteiger partial charge in [-0.15, -0.1) is 12.4 Å². The number of para-hydroxylation sites is 1. The smallest absolute Gasteiger partial charge is 0.249 e. The highest BCUT2D eigenvalue weighted by Gasteiger charge is 2.33. The molecular formula is C14H20ClN3O2. The quantitative estimate of drug-likeness (QED) is 0.868. The second kappa shape index (κ2) is 7.26. The van der Waals surface area contributed by atoms with Crippen LogP contribution in [-0.2, 0) is 9.59 Å². The standard InChI is InChI=1S/C14H19N3O2.ClH/c1-10(9-15)13(18)16-12-7-8-17(14(12)19)11-5-3-2-4-6-11;/h2-6,10,12H,7-9,15H2,1H3,(H,16,18);1H. The summed E-state index contributed by atoms with van der Waals surface area (Å²) in [5, 5.41) is 2.77. The van der Waals surface area contributed by atoms with E-state index >= 15 is 0 Å². The summed E-state index contributed by atoms with van der Waals surface area (Å²) in [6.07, 6.45) is 0.636. The molecule has 1 fully saturated rings. The van der Waals surface area contributed by atoms with Crippen LogP contribution in [0.25, 0.3) is 0 Å². The Balaban J connectivity index is 0.00000200. The summed E-state index contributed by atoms with van der Waals surface area (Å²) in [6, 6.07) is 9.05. The molecule has 2 rings (SSSR count). The van der Waals surface area contributed by atoms with E-state index in [1.54, 1.807) is 11.8 Å². The summed E-state index contributed by atoms with van der Waals surface area (Å²) < 4.78 is 0. The average Bonchev–Trinajstić information content (AvgIpc) is 2.80. The topological polar surface area (TPSA) is 75.4 Å². The largest absolute Gasteiger partial charge is 0.344 e. The lowest BCUT2D eigenvalue weighted by Crippen LogP contribution is -2.44. The SMILES string of the molecule is CC(CN)C(=O)NC1CCN(c2ccccc2)C1=O.Cl. The highest BCUT2D eigenvalue weighted by molar-refractivity contribution is 6.01. The van der Waals surface area contributed by atoms with Crippen LogP contribution in [-0.4, -0.2) is 30.9 Å². The lowest BCUT2D eigenvalue weighted by atomic mass is 10.1. The molecule has 1 saturated heterocycles. The highest BCUT2D eigenvalue weighted by Crippen LogP contribution is 2.21. The second-order valence-electron chi connectivity index (χ2n) is 4.81. The molecule has 0 radical (unpaired) electrons. The van der Waals surface area contributed by atoms with Crippen molar-refractivity contribution >= 4 is 29.9 Å². The summed E-state index contributed by atoms with van der Waals surface area (Å²) in [4.78, 5) is 25.7. The molecule has 3 N–H and O–H groups in total. The Labute approximate surface area is 124 Å². The lowest BCUT2D eigenvalue weighted by Gasteiger charge is -2.18. The fourth-order valence-corrected chi connectivity index (χ4v) is 2.10. The van der Waals surface area contributed by atoms with E-state index in [9.17, 15) is 9.59 Å². The average molecular weight is 298 g/mol. The van der Waals surface area contributed by atoms with Crippen LogP contribution in [0, 0.1) is 5.92 Å². The number of anilines is 1. The Hall–Kier alpha value is -1.59. The molecule has 2 atom stereocenters. The molecule has 0 saturated carbocycles. The second-order valence-corrected chi connectivity index (χ2v) is 4.81. The fourth-order valence-electron chi connectivity index (χ4n) is 2.10. The molecule has 1 aromatic rings. The van der Waals surface area contributed by atoms with Crippen molar-refractivity contribution in [3.8, 4) is 0 Å². The number of carbonyl (C=O) groups is 2. The lowest BCUT2D eigenvalue weighted by molar-refractivity contribution is -0.128. The molecule has 1 aromatic carbocycles. The van der Waals surface area contributed by atoms with Gasteiger partial charge in [-0.05, 0) is 18.6 Å². The molecule has 6 heteroatoms. The molecule has 0 aliphatic carbocycles. The predicted molar refractivity (Wildman–Crippen MR) is 80.8 cm³/mol. The summed E-state index contributed by atoms with van der Waals surface area (Å²) >= 11 is 0. The van der Waals surface area contributed by atoms with E-state index in [0.29, 0.717) is 13.0 Å². The van der Waals surface area contributed by atoms with Crippen LogP contribution >= 0.6 is 12.4 Å². The summed E-state index contributed by atoms with van der Waals surface area (Å²) in [6.45, 7) is 2.67. The molecule has 1 aliphatic heterocycles. The maximum Gasteiger partial charge on any atom is 0.249 e. The van der Waals surface area contributed by atoms with Crippen molar-refractivity contribution in [2.45, 2.75) is 19.4 Å². The van der Waals surface area contributed by atoms with Gasteiger partial charge >= 0.3 is 0 Å². The van der Waals surface area contributed by atoms with Crippen LogP contribution in [0.2, 0.25) is 0 Å². The number of hydrogen-bond donors (Lipinski definition) is 2. The van der Waals surface area contributed by atoms with Crippen LogP contribution in [0.15, 0.2) is 30.3 Å². The number of hydrogen-bond acceptors (Lipinski definition) is 3. The molecule has 0 aromatic heterocycles. The Morgan fingerprint density at radius 3 is 2.70 bits per heavy atom. The molecule has 0 bridgehead atoms. The molecule has 2 unspecified atom stereocenters. The Morgan fingerprint density at radius 2 is 2.10 bits per heavy atom. The number of rotatable bonds is 4. The Bertz CT molecular complexity index is 467. The first kappa shape index (κ1) is 16.5. The van der Waals surface area contributed by atoms with Crippen LogP contribution < -0.4 is 16.0 Å². The summed E-state index contributed by atoms with van der Waals surface area (Å²) in [5.74, 6) is -0.474. The van der Waals surface area contributed by atoms with Gasteiger partial charge < -0.3 is 16.0 Å². The molecule has 2 amide bonds. The van der Waals surface area contributed by atoms with Crippen molar-refractivity contribution in [3.05, 3.63) is 30.3 Å². The van der Waals surface area contributed by atoms with Crippen molar-refractivity contribution in [2.24, 2.45) is 11.7 Å². The van der Waals surface area contributed by atoms with Crippen LogP contribution in [0.1, 0.15) is 13.3 Å². The van der Waals surface area contributed by atoms with E-state index in [1.165, 1.54) is 0 Å².